The Morgan fingerprint density at radius 2 is 1.83 bits per heavy atom. The Morgan fingerprint density at radius 1 is 1.10 bits per heavy atom. The fraction of sp³-hybridized carbons (Fsp3) is 0.455. The zero-order valence-corrected chi connectivity index (χ0v) is 18.7. The van der Waals surface area contributed by atoms with Crippen molar-refractivity contribution < 1.29 is 13.2 Å². The third-order valence-electron chi connectivity index (χ3n) is 5.58. The number of anilines is 1. The van der Waals surface area contributed by atoms with E-state index >= 15 is 0 Å². The smallest absolute Gasteiger partial charge is 0.251 e. The van der Waals surface area contributed by atoms with Crippen LogP contribution in [-0.2, 0) is 16.6 Å². The lowest BCUT2D eigenvalue weighted by molar-refractivity contribution is 0.0950. The summed E-state index contributed by atoms with van der Waals surface area (Å²) in [4.78, 5) is 18.9. The number of benzene rings is 1. The van der Waals surface area contributed by atoms with E-state index in [2.05, 4.69) is 10.3 Å². The van der Waals surface area contributed by atoms with E-state index in [1.807, 2.05) is 31.1 Å². The molecule has 3 rings (SSSR count). The molecule has 2 aromatic rings. The van der Waals surface area contributed by atoms with Crippen molar-refractivity contribution in [3.63, 3.8) is 0 Å². The molecule has 1 fully saturated rings. The van der Waals surface area contributed by atoms with E-state index in [0.29, 0.717) is 12.1 Å². The van der Waals surface area contributed by atoms with E-state index in [-0.39, 0.29) is 16.8 Å². The number of nitrogens with one attached hydrogen (secondary N) is 1. The summed E-state index contributed by atoms with van der Waals surface area (Å²) in [6.07, 6.45) is 6.74. The number of pyridine rings is 1. The molecule has 0 radical (unpaired) electrons. The highest BCUT2D eigenvalue weighted by atomic mass is 32.2. The Labute approximate surface area is 179 Å². The summed E-state index contributed by atoms with van der Waals surface area (Å²) in [6.45, 7) is 0.334. The van der Waals surface area contributed by atoms with Crippen LogP contribution in [-0.4, -0.2) is 50.8 Å². The molecule has 162 valence electrons. The molecule has 0 atom stereocenters. The third-order valence-corrected chi connectivity index (χ3v) is 7.49. The van der Waals surface area contributed by atoms with Gasteiger partial charge in [-0.1, -0.05) is 25.3 Å². The van der Waals surface area contributed by atoms with Crippen molar-refractivity contribution in [2.45, 2.75) is 49.6 Å². The van der Waals surface area contributed by atoms with Gasteiger partial charge in [0.2, 0.25) is 10.0 Å². The van der Waals surface area contributed by atoms with Crippen molar-refractivity contribution in [3.8, 4) is 0 Å². The van der Waals surface area contributed by atoms with Gasteiger partial charge >= 0.3 is 0 Å². The Morgan fingerprint density at radius 3 is 2.53 bits per heavy atom. The summed E-state index contributed by atoms with van der Waals surface area (Å²) in [5.74, 6) is 0.496. The van der Waals surface area contributed by atoms with Gasteiger partial charge in [0.15, 0.2) is 0 Å². The van der Waals surface area contributed by atoms with Crippen LogP contribution < -0.4 is 10.2 Å². The second-order valence-corrected chi connectivity index (χ2v) is 9.94. The predicted molar refractivity (Wildman–Crippen MR) is 118 cm³/mol. The van der Waals surface area contributed by atoms with E-state index in [0.717, 1.165) is 43.5 Å². The Hall–Kier alpha value is -2.45. The molecule has 1 saturated carbocycles. The standard InChI is InChI=1S/C22H30N4O3S/c1-25(2)21-14-17(12-13-23-21)16-24-22(27)18-8-7-11-20(15-18)30(28,29)26(3)19-9-5-4-6-10-19/h7-8,11-15,19H,4-6,9-10,16H2,1-3H3,(H,24,27). The summed E-state index contributed by atoms with van der Waals surface area (Å²) in [7, 11) is 1.81. The number of amides is 1. The van der Waals surface area contributed by atoms with E-state index in [9.17, 15) is 13.2 Å². The number of carbonyl (C=O) groups excluding carboxylic acids is 1. The van der Waals surface area contributed by atoms with Crippen molar-refractivity contribution in [3.05, 3.63) is 53.7 Å². The first-order valence-corrected chi connectivity index (χ1v) is 11.7. The molecule has 0 bridgehead atoms. The zero-order chi connectivity index (χ0) is 21.7. The highest BCUT2D eigenvalue weighted by Gasteiger charge is 2.29. The molecule has 0 spiro atoms. The first kappa shape index (κ1) is 22.2. The molecule has 1 amide bonds. The molecule has 1 aromatic heterocycles. The van der Waals surface area contributed by atoms with E-state index in [4.69, 9.17) is 0 Å². The summed E-state index contributed by atoms with van der Waals surface area (Å²) in [6, 6.07) is 10.0. The molecule has 7 nitrogen and oxygen atoms in total. The minimum Gasteiger partial charge on any atom is -0.363 e. The van der Waals surface area contributed by atoms with Crippen LogP contribution in [0.3, 0.4) is 0 Å². The third kappa shape index (κ3) is 5.17. The van der Waals surface area contributed by atoms with Crippen molar-refractivity contribution >= 4 is 21.7 Å². The molecular weight excluding hydrogens is 400 g/mol. The van der Waals surface area contributed by atoms with Gasteiger partial charge in [0.1, 0.15) is 5.82 Å². The van der Waals surface area contributed by atoms with Gasteiger partial charge in [-0.3, -0.25) is 4.79 Å². The first-order chi connectivity index (χ1) is 14.3. The molecule has 1 aromatic carbocycles. The van der Waals surface area contributed by atoms with Crippen LogP contribution in [0.5, 0.6) is 0 Å². The minimum atomic E-state index is -3.64. The molecule has 0 aliphatic heterocycles. The number of carbonyl (C=O) groups is 1. The second kappa shape index (κ2) is 9.57. The fourth-order valence-electron chi connectivity index (χ4n) is 3.70. The van der Waals surface area contributed by atoms with Crippen LogP contribution in [0, 0.1) is 0 Å². The highest BCUT2D eigenvalue weighted by molar-refractivity contribution is 7.89. The highest BCUT2D eigenvalue weighted by Crippen LogP contribution is 2.26. The van der Waals surface area contributed by atoms with Crippen molar-refractivity contribution in [2.24, 2.45) is 0 Å². The van der Waals surface area contributed by atoms with E-state index in [1.165, 1.54) is 10.4 Å². The fourth-order valence-corrected chi connectivity index (χ4v) is 5.17. The van der Waals surface area contributed by atoms with Crippen molar-refractivity contribution in [1.82, 2.24) is 14.6 Å². The van der Waals surface area contributed by atoms with Gasteiger partial charge in [-0.15, -0.1) is 0 Å². The molecular formula is C22H30N4O3S. The first-order valence-electron chi connectivity index (χ1n) is 10.3. The molecule has 1 N–H and O–H groups in total. The van der Waals surface area contributed by atoms with Gasteiger partial charge in [-0.2, -0.15) is 4.31 Å². The quantitative estimate of drug-likeness (QED) is 0.730. The lowest BCUT2D eigenvalue weighted by Crippen LogP contribution is -2.38. The zero-order valence-electron chi connectivity index (χ0n) is 17.8. The maximum absolute atomic E-state index is 13.1. The van der Waals surface area contributed by atoms with Gasteiger partial charge in [0, 0.05) is 45.5 Å². The molecule has 1 aliphatic rings. The normalized spacial score (nSPS) is 15.2. The second-order valence-electron chi connectivity index (χ2n) is 7.94. The SMILES string of the molecule is CN(C)c1cc(CNC(=O)c2cccc(S(=O)(=O)N(C)C3CCCCC3)c2)ccn1. The van der Waals surface area contributed by atoms with Crippen LogP contribution in [0.2, 0.25) is 0 Å². The van der Waals surface area contributed by atoms with Crippen molar-refractivity contribution in [2.75, 3.05) is 26.0 Å². The number of hydrogen-bond donors (Lipinski definition) is 1. The van der Waals surface area contributed by atoms with Crippen LogP contribution >= 0.6 is 0 Å². The van der Waals surface area contributed by atoms with Gasteiger partial charge in [-0.25, -0.2) is 13.4 Å². The lowest BCUT2D eigenvalue weighted by atomic mass is 9.96. The van der Waals surface area contributed by atoms with Crippen LogP contribution in [0.25, 0.3) is 0 Å². The van der Waals surface area contributed by atoms with Gasteiger partial charge in [0.05, 0.1) is 4.90 Å². The summed E-state index contributed by atoms with van der Waals surface area (Å²) in [5.41, 5.74) is 1.25. The Bertz CT molecular complexity index is 985. The van der Waals surface area contributed by atoms with Crippen LogP contribution in [0.1, 0.15) is 48.0 Å². The average molecular weight is 431 g/mol. The lowest BCUT2D eigenvalue weighted by Gasteiger charge is -2.30. The maximum Gasteiger partial charge on any atom is 0.251 e. The number of nitrogens with zero attached hydrogens (tertiary/aromatic N) is 3. The maximum atomic E-state index is 13.1. The van der Waals surface area contributed by atoms with Crippen LogP contribution in [0.4, 0.5) is 5.82 Å². The molecule has 0 unspecified atom stereocenters. The number of aromatic nitrogens is 1. The van der Waals surface area contributed by atoms with Gasteiger partial charge in [-0.05, 0) is 48.7 Å². The molecule has 8 heteroatoms. The van der Waals surface area contributed by atoms with Crippen LogP contribution in [0.15, 0.2) is 47.5 Å². The van der Waals surface area contributed by atoms with Gasteiger partial charge in [0.25, 0.3) is 5.91 Å². The predicted octanol–water partition coefficient (Wildman–Crippen LogP) is 3.03. The topological polar surface area (TPSA) is 82.6 Å². The molecule has 0 saturated heterocycles. The number of rotatable bonds is 7. The number of sulfonamides is 1. The molecule has 1 heterocycles. The number of hydrogen-bond acceptors (Lipinski definition) is 5. The van der Waals surface area contributed by atoms with E-state index in [1.54, 1.807) is 31.4 Å². The van der Waals surface area contributed by atoms with Gasteiger partial charge < -0.3 is 10.2 Å². The Kier molecular flexibility index (Phi) is 7.10. The van der Waals surface area contributed by atoms with Crippen molar-refractivity contribution in [1.29, 1.82) is 0 Å². The molecule has 30 heavy (non-hydrogen) atoms. The largest absolute Gasteiger partial charge is 0.363 e. The van der Waals surface area contributed by atoms with E-state index < -0.39 is 10.0 Å². The average Bonchev–Trinajstić information content (AvgIpc) is 2.77. The summed E-state index contributed by atoms with van der Waals surface area (Å²) < 4.78 is 27.6. The summed E-state index contributed by atoms with van der Waals surface area (Å²) in [5, 5.41) is 2.86. The Balaban J connectivity index is 1.71. The molecule has 1 aliphatic carbocycles. The summed E-state index contributed by atoms with van der Waals surface area (Å²) >= 11 is 0. The minimum absolute atomic E-state index is 0.0267. The monoisotopic (exact) mass is 430 g/mol.